The Morgan fingerprint density at radius 2 is 1.13 bits per heavy atom. The number of rotatable bonds is 4. The highest BCUT2D eigenvalue weighted by Crippen LogP contribution is 2.38. The van der Waals surface area contributed by atoms with E-state index in [4.69, 9.17) is 0 Å². The highest BCUT2D eigenvalue weighted by atomic mass is 16.1. The second-order valence-corrected chi connectivity index (χ2v) is 11.4. The summed E-state index contributed by atoms with van der Waals surface area (Å²) >= 11 is 0. The van der Waals surface area contributed by atoms with E-state index in [0.717, 1.165) is 24.2 Å². The third-order valence-electron chi connectivity index (χ3n) is 7.73. The molecule has 2 aliphatic rings. The van der Waals surface area contributed by atoms with Crippen molar-refractivity contribution in [2.75, 3.05) is 10.6 Å². The van der Waals surface area contributed by atoms with Crippen molar-refractivity contribution in [2.45, 2.75) is 51.9 Å². The molecule has 0 saturated carbocycles. The summed E-state index contributed by atoms with van der Waals surface area (Å²) in [4.78, 5) is 27.7. The molecule has 0 spiro atoms. The Balaban J connectivity index is 1.34. The van der Waals surface area contributed by atoms with E-state index in [1.165, 1.54) is 29.5 Å². The van der Waals surface area contributed by atoms with Crippen molar-refractivity contribution < 1.29 is 9.59 Å². The Labute approximate surface area is 224 Å². The zero-order chi connectivity index (χ0) is 26.4. The van der Waals surface area contributed by atoms with Crippen LogP contribution in [0.3, 0.4) is 0 Å². The minimum atomic E-state index is -0.141. The van der Waals surface area contributed by atoms with E-state index < -0.39 is 0 Å². The lowest BCUT2D eigenvalue weighted by Gasteiger charge is -2.24. The van der Waals surface area contributed by atoms with Gasteiger partial charge < -0.3 is 10.6 Å². The fourth-order valence-electron chi connectivity index (χ4n) is 5.63. The molecular weight excluding hydrogens is 468 g/mol. The number of anilines is 4. The molecule has 2 aliphatic carbocycles. The summed E-state index contributed by atoms with van der Waals surface area (Å²) in [6.45, 7) is 6.54. The summed E-state index contributed by atoms with van der Waals surface area (Å²) in [5.74, 6) is -0.277. The minimum absolute atomic E-state index is 0.0569. The molecule has 38 heavy (non-hydrogen) atoms. The Kier molecular flexibility index (Phi) is 5.91. The monoisotopic (exact) mass is 500 g/mol. The van der Waals surface area contributed by atoms with Gasteiger partial charge in [-0.25, -0.2) is 0 Å². The van der Waals surface area contributed by atoms with Gasteiger partial charge in [0.05, 0.1) is 22.5 Å². The molecule has 0 radical (unpaired) electrons. The Morgan fingerprint density at radius 1 is 0.605 bits per heavy atom. The molecule has 0 amide bonds. The highest BCUT2D eigenvalue weighted by Gasteiger charge is 2.33. The number of nitrogens with one attached hydrogen (secondary N) is 2. The lowest BCUT2D eigenvalue weighted by Crippen LogP contribution is -2.23. The van der Waals surface area contributed by atoms with Gasteiger partial charge in [0.25, 0.3) is 0 Å². The molecular formula is C34H32N2O2. The molecule has 4 nitrogen and oxygen atoms in total. The fourth-order valence-corrected chi connectivity index (χ4v) is 5.63. The van der Waals surface area contributed by atoms with Crippen LogP contribution < -0.4 is 10.6 Å². The normalized spacial score (nSPS) is 14.4. The number of hydrogen-bond acceptors (Lipinski definition) is 4. The molecule has 4 aromatic rings. The fraction of sp³-hybridized carbons (Fsp3) is 0.235. The van der Waals surface area contributed by atoms with Crippen molar-refractivity contribution in [1.82, 2.24) is 0 Å². The lowest BCUT2D eigenvalue weighted by atomic mass is 9.82. The SMILES string of the molecule is CC(C)(C)c1ccc(Nc2cccc3c2C(=O)c2cccc(Nc4ccc5c(c4)CCCC5)c2C3=O)cc1. The van der Waals surface area contributed by atoms with E-state index in [1.807, 2.05) is 36.4 Å². The third kappa shape index (κ3) is 4.30. The van der Waals surface area contributed by atoms with E-state index in [1.54, 1.807) is 12.1 Å². The van der Waals surface area contributed by atoms with Crippen molar-refractivity contribution in [3.05, 3.63) is 118 Å². The molecule has 0 aliphatic heterocycles. The number of benzene rings is 4. The molecule has 190 valence electrons. The molecule has 0 fully saturated rings. The van der Waals surface area contributed by atoms with Crippen molar-refractivity contribution >= 4 is 34.3 Å². The van der Waals surface area contributed by atoms with Crippen molar-refractivity contribution in [2.24, 2.45) is 0 Å². The standard InChI is InChI=1S/C34H32N2O2/c1-34(2,3)23-15-18-24(19-16-23)35-28-12-6-10-26-30(28)32(37)27-11-7-13-29(31(27)33(26)38)36-25-17-14-21-8-4-5-9-22(21)20-25/h6-7,10-20,35-36H,4-5,8-9H2,1-3H3. The summed E-state index contributed by atoms with van der Waals surface area (Å²) in [5.41, 5.74) is 8.92. The summed E-state index contributed by atoms with van der Waals surface area (Å²) in [7, 11) is 0. The molecule has 6 rings (SSSR count). The van der Waals surface area contributed by atoms with Crippen LogP contribution in [0.15, 0.2) is 78.9 Å². The van der Waals surface area contributed by atoms with Gasteiger partial charge in [-0.3, -0.25) is 9.59 Å². The largest absolute Gasteiger partial charge is 0.355 e. The third-order valence-corrected chi connectivity index (χ3v) is 7.73. The van der Waals surface area contributed by atoms with Crippen LogP contribution in [0.2, 0.25) is 0 Å². The lowest BCUT2D eigenvalue weighted by molar-refractivity contribution is 0.0980. The average Bonchev–Trinajstić information content (AvgIpc) is 2.91. The van der Waals surface area contributed by atoms with Gasteiger partial charge in [-0.1, -0.05) is 63.2 Å². The van der Waals surface area contributed by atoms with Gasteiger partial charge in [-0.2, -0.15) is 0 Å². The number of ketones is 2. The molecule has 0 unspecified atom stereocenters. The van der Waals surface area contributed by atoms with E-state index in [-0.39, 0.29) is 17.0 Å². The van der Waals surface area contributed by atoms with E-state index in [0.29, 0.717) is 33.6 Å². The van der Waals surface area contributed by atoms with Gasteiger partial charge in [-0.05, 0) is 84.2 Å². The van der Waals surface area contributed by atoms with Crippen LogP contribution in [0.5, 0.6) is 0 Å². The van der Waals surface area contributed by atoms with Crippen molar-refractivity contribution in [1.29, 1.82) is 0 Å². The highest BCUT2D eigenvalue weighted by molar-refractivity contribution is 6.32. The molecule has 4 aromatic carbocycles. The van der Waals surface area contributed by atoms with Gasteiger partial charge in [0.15, 0.2) is 11.6 Å². The smallest absolute Gasteiger partial charge is 0.196 e. The molecule has 0 saturated heterocycles. The van der Waals surface area contributed by atoms with Gasteiger partial charge in [0.2, 0.25) is 0 Å². The van der Waals surface area contributed by atoms with Crippen LogP contribution in [0.25, 0.3) is 0 Å². The maximum atomic E-state index is 13.8. The van der Waals surface area contributed by atoms with Crippen LogP contribution in [0.1, 0.15) is 82.1 Å². The topological polar surface area (TPSA) is 58.2 Å². The van der Waals surface area contributed by atoms with Crippen LogP contribution in [-0.4, -0.2) is 11.6 Å². The number of fused-ring (bicyclic) bond motifs is 3. The summed E-state index contributed by atoms with van der Waals surface area (Å²) in [5, 5.41) is 6.83. The minimum Gasteiger partial charge on any atom is -0.355 e. The quantitative estimate of drug-likeness (QED) is 0.262. The molecule has 4 heteroatoms. The Bertz CT molecular complexity index is 1580. The first-order chi connectivity index (χ1) is 18.3. The predicted molar refractivity (Wildman–Crippen MR) is 155 cm³/mol. The van der Waals surface area contributed by atoms with Crippen LogP contribution >= 0.6 is 0 Å². The van der Waals surface area contributed by atoms with Gasteiger partial charge in [0.1, 0.15) is 0 Å². The predicted octanol–water partition coefficient (Wildman–Crippen LogP) is 8.13. The maximum Gasteiger partial charge on any atom is 0.196 e. The first kappa shape index (κ1) is 24.2. The van der Waals surface area contributed by atoms with Gasteiger partial charge in [0, 0.05) is 22.5 Å². The summed E-state index contributed by atoms with van der Waals surface area (Å²) in [6.07, 6.45) is 4.65. The summed E-state index contributed by atoms with van der Waals surface area (Å²) in [6, 6.07) is 25.6. The maximum absolute atomic E-state index is 13.8. The van der Waals surface area contributed by atoms with Gasteiger partial charge >= 0.3 is 0 Å². The molecule has 2 N–H and O–H groups in total. The molecule has 0 heterocycles. The zero-order valence-corrected chi connectivity index (χ0v) is 22.2. The number of aryl methyl sites for hydroxylation is 2. The number of hydrogen-bond donors (Lipinski definition) is 2. The van der Waals surface area contributed by atoms with E-state index in [9.17, 15) is 9.59 Å². The van der Waals surface area contributed by atoms with Gasteiger partial charge in [-0.15, -0.1) is 0 Å². The number of carbonyl (C=O) groups excluding carboxylic acids is 2. The Morgan fingerprint density at radius 3 is 1.71 bits per heavy atom. The zero-order valence-electron chi connectivity index (χ0n) is 22.2. The first-order valence-electron chi connectivity index (χ1n) is 13.4. The van der Waals surface area contributed by atoms with Crippen LogP contribution in [0, 0.1) is 0 Å². The van der Waals surface area contributed by atoms with Crippen LogP contribution in [-0.2, 0) is 18.3 Å². The summed E-state index contributed by atoms with van der Waals surface area (Å²) < 4.78 is 0. The van der Waals surface area contributed by atoms with Crippen molar-refractivity contribution in [3.8, 4) is 0 Å². The molecule has 0 atom stereocenters. The Hall–Kier alpha value is -4.18. The molecule has 0 aromatic heterocycles. The van der Waals surface area contributed by atoms with E-state index in [2.05, 4.69) is 61.7 Å². The second-order valence-electron chi connectivity index (χ2n) is 11.4. The van der Waals surface area contributed by atoms with E-state index >= 15 is 0 Å². The first-order valence-corrected chi connectivity index (χ1v) is 13.4. The second kappa shape index (κ2) is 9.29. The average molecular weight is 501 g/mol. The molecule has 0 bridgehead atoms. The number of carbonyl (C=O) groups is 2. The van der Waals surface area contributed by atoms with Crippen LogP contribution in [0.4, 0.5) is 22.7 Å². The van der Waals surface area contributed by atoms with Crippen molar-refractivity contribution in [3.63, 3.8) is 0 Å².